The van der Waals surface area contributed by atoms with Crippen molar-refractivity contribution in [2.75, 3.05) is 18.0 Å². The monoisotopic (exact) mass is 400 g/mol. The van der Waals surface area contributed by atoms with Crippen molar-refractivity contribution in [1.29, 1.82) is 0 Å². The summed E-state index contributed by atoms with van der Waals surface area (Å²) in [5.41, 5.74) is 0.792. The van der Waals surface area contributed by atoms with E-state index in [0.717, 1.165) is 60.7 Å². The van der Waals surface area contributed by atoms with Crippen LogP contribution in [0.4, 0.5) is 19.0 Å². The van der Waals surface area contributed by atoms with Crippen molar-refractivity contribution < 1.29 is 17.9 Å². The molecule has 3 aromatic rings. The number of alkyl halides is 3. The molecule has 1 aliphatic rings. The molecule has 1 saturated heterocycles. The average molecular weight is 400 g/mol. The van der Waals surface area contributed by atoms with E-state index in [2.05, 4.69) is 11.8 Å². The second-order valence-electron chi connectivity index (χ2n) is 7.65. The second-order valence-corrected chi connectivity index (χ2v) is 7.65. The number of para-hydroxylation sites is 1. The van der Waals surface area contributed by atoms with Gasteiger partial charge in [-0.2, -0.15) is 13.2 Å². The van der Waals surface area contributed by atoms with Crippen molar-refractivity contribution in [3.63, 3.8) is 0 Å². The van der Waals surface area contributed by atoms with Gasteiger partial charge in [0.05, 0.1) is 5.56 Å². The van der Waals surface area contributed by atoms with Crippen LogP contribution < -0.4 is 9.64 Å². The molecule has 4 rings (SSSR count). The number of aromatic nitrogens is 1. The first-order chi connectivity index (χ1) is 13.9. The lowest BCUT2D eigenvalue weighted by atomic mass is 9.99. The highest BCUT2D eigenvalue weighted by molar-refractivity contribution is 5.86. The first-order valence-corrected chi connectivity index (χ1v) is 9.84. The van der Waals surface area contributed by atoms with E-state index >= 15 is 0 Å². The van der Waals surface area contributed by atoms with Crippen LogP contribution in [0, 0.1) is 5.92 Å². The zero-order chi connectivity index (χ0) is 20.4. The summed E-state index contributed by atoms with van der Waals surface area (Å²) < 4.78 is 44.1. The van der Waals surface area contributed by atoms with Crippen molar-refractivity contribution in [3.05, 3.63) is 65.7 Å². The van der Waals surface area contributed by atoms with Crippen LogP contribution in [0.5, 0.6) is 5.75 Å². The van der Waals surface area contributed by atoms with Crippen LogP contribution in [0.15, 0.2) is 54.6 Å². The van der Waals surface area contributed by atoms with E-state index in [9.17, 15) is 13.2 Å². The number of benzene rings is 2. The Hall–Kier alpha value is -2.76. The molecule has 0 radical (unpaired) electrons. The summed E-state index contributed by atoms with van der Waals surface area (Å²) in [5, 5.41) is 0.976. The highest BCUT2D eigenvalue weighted by atomic mass is 19.4. The van der Waals surface area contributed by atoms with E-state index in [1.54, 1.807) is 0 Å². The third kappa shape index (κ3) is 4.47. The molecule has 1 aliphatic heterocycles. The topological polar surface area (TPSA) is 25.4 Å². The zero-order valence-corrected chi connectivity index (χ0v) is 16.2. The molecule has 0 atom stereocenters. The molecule has 0 saturated carbocycles. The number of rotatable bonds is 4. The molecule has 29 heavy (non-hydrogen) atoms. The minimum atomic E-state index is -4.33. The Labute approximate surface area is 168 Å². The lowest BCUT2D eigenvalue weighted by Crippen LogP contribution is -2.33. The molecule has 3 nitrogen and oxygen atoms in total. The first-order valence-electron chi connectivity index (χ1n) is 9.84. The fraction of sp³-hybridized carbons (Fsp3) is 0.348. The van der Waals surface area contributed by atoms with Crippen LogP contribution in [-0.2, 0) is 12.8 Å². The summed E-state index contributed by atoms with van der Waals surface area (Å²) in [6.45, 7) is 4.45. The Kier molecular flexibility index (Phi) is 5.35. The van der Waals surface area contributed by atoms with Crippen LogP contribution in [0.3, 0.4) is 0 Å². The molecule has 0 aliphatic carbocycles. The molecule has 1 fully saturated rings. The number of pyridine rings is 1. The molecule has 0 spiro atoms. The van der Waals surface area contributed by atoms with Crippen LogP contribution in [-0.4, -0.2) is 18.1 Å². The van der Waals surface area contributed by atoms with Crippen molar-refractivity contribution >= 4 is 16.7 Å². The Morgan fingerprint density at radius 1 is 1.00 bits per heavy atom. The number of hydrogen-bond acceptors (Lipinski definition) is 3. The molecule has 152 valence electrons. The highest BCUT2D eigenvalue weighted by Crippen LogP contribution is 2.31. The van der Waals surface area contributed by atoms with Gasteiger partial charge < -0.3 is 9.64 Å². The van der Waals surface area contributed by atoms with Gasteiger partial charge in [-0.1, -0.05) is 31.2 Å². The van der Waals surface area contributed by atoms with Gasteiger partial charge in [-0.3, -0.25) is 0 Å². The van der Waals surface area contributed by atoms with Gasteiger partial charge in [0.1, 0.15) is 23.7 Å². The molecule has 0 N–H and O–H groups in total. The summed E-state index contributed by atoms with van der Waals surface area (Å²) in [5.74, 6) is 2.32. The lowest BCUT2D eigenvalue weighted by molar-refractivity contribution is -0.137. The maximum atomic E-state index is 12.7. The minimum absolute atomic E-state index is 0.185. The van der Waals surface area contributed by atoms with Gasteiger partial charge in [0.25, 0.3) is 0 Å². The Morgan fingerprint density at radius 2 is 1.72 bits per heavy atom. The van der Waals surface area contributed by atoms with Gasteiger partial charge in [0.15, 0.2) is 0 Å². The van der Waals surface area contributed by atoms with E-state index in [4.69, 9.17) is 9.72 Å². The minimum Gasteiger partial charge on any atom is -0.487 e. The van der Waals surface area contributed by atoms with E-state index < -0.39 is 11.7 Å². The number of ether oxygens (including phenoxy) is 1. The van der Waals surface area contributed by atoms with Crippen molar-refractivity contribution in [2.45, 2.75) is 32.5 Å². The van der Waals surface area contributed by atoms with Gasteiger partial charge in [-0.25, -0.2) is 4.98 Å². The summed E-state index contributed by atoms with van der Waals surface area (Å²) in [6.07, 6.45) is -2.01. The number of halogens is 3. The largest absolute Gasteiger partial charge is 0.487 e. The molecule has 0 unspecified atom stereocenters. The maximum Gasteiger partial charge on any atom is 0.416 e. The maximum absolute atomic E-state index is 12.7. The fourth-order valence-electron chi connectivity index (χ4n) is 3.59. The number of piperidine rings is 1. The molecular formula is C23H23F3N2O. The molecule has 6 heteroatoms. The van der Waals surface area contributed by atoms with E-state index in [-0.39, 0.29) is 6.61 Å². The standard InChI is InChI=1S/C23H23F3N2O/c1-16-11-13-28(14-12-16)21-10-7-18-3-2-4-20(22(18)27-21)29-15-17-5-8-19(9-6-17)23(24,25)26/h2-10,16H,11-15H2,1H3. The number of fused-ring (bicyclic) bond motifs is 1. The van der Waals surface area contributed by atoms with Crippen molar-refractivity contribution in [1.82, 2.24) is 4.98 Å². The third-order valence-corrected chi connectivity index (χ3v) is 5.45. The predicted molar refractivity (Wildman–Crippen MR) is 108 cm³/mol. The number of nitrogens with zero attached hydrogens (tertiary/aromatic N) is 2. The molecule has 2 aromatic carbocycles. The quantitative estimate of drug-likeness (QED) is 0.532. The number of hydrogen-bond donors (Lipinski definition) is 0. The van der Waals surface area contributed by atoms with Gasteiger partial charge in [0.2, 0.25) is 0 Å². The highest BCUT2D eigenvalue weighted by Gasteiger charge is 2.29. The first kappa shape index (κ1) is 19.6. The van der Waals surface area contributed by atoms with Gasteiger partial charge in [-0.15, -0.1) is 0 Å². The Balaban J connectivity index is 1.53. The molecule has 0 amide bonds. The Morgan fingerprint density at radius 3 is 2.41 bits per heavy atom. The Bertz CT molecular complexity index is 978. The second kappa shape index (κ2) is 7.93. The predicted octanol–water partition coefficient (Wildman–Crippen LogP) is 6.07. The van der Waals surface area contributed by atoms with Crippen LogP contribution in [0.1, 0.15) is 30.9 Å². The molecule has 2 heterocycles. The number of anilines is 1. The smallest absolute Gasteiger partial charge is 0.416 e. The summed E-state index contributed by atoms with van der Waals surface area (Å²) >= 11 is 0. The molecular weight excluding hydrogens is 377 g/mol. The summed E-state index contributed by atoms with van der Waals surface area (Å²) in [6, 6.07) is 14.9. The van der Waals surface area contributed by atoms with Crippen LogP contribution in [0.2, 0.25) is 0 Å². The van der Waals surface area contributed by atoms with Crippen molar-refractivity contribution in [2.24, 2.45) is 5.92 Å². The van der Waals surface area contributed by atoms with Crippen LogP contribution >= 0.6 is 0 Å². The van der Waals surface area contributed by atoms with E-state index in [1.165, 1.54) is 12.1 Å². The van der Waals surface area contributed by atoms with E-state index in [1.807, 2.05) is 30.3 Å². The van der Waals surface area contributed by atoms with Gasteiger partial charge in [-0.05, 0) is 54.7 Å². The third-order valence-electron chi connectivity index (χ3n) is 5.45. The zero-order valence-electron chi connectivity index (χ0n) is 16.2. The molecule has 1 aromatic heterocycles. The van der Waals surface area contributed by atoms with Gasteiger partial charge in [0, 0.05) is 18.5 Å². The molecule has 0 bridgehead atoms. The van der Waals surface area contributed by atoms with Gasteiger partial charge >= 0.3 is 6.18 Å². The van der Waals surface area contributed by atoms with Crippen LogP contribution in [0.25, 0.3) is 10.9 Å². The SMILES string of the molecule is CC1CCN(c2ccc3cccc(OCc4ccc(C(F)(F)F)cc4)c3n2)CC1. The average Bonchev–Trinajstić information content (AvgIpc) is 2.72. The van der Waals surface area contributed by atoms with E-state index in [0.29, 0.717) is 11.3 Å². The summed E-state index contributed by atoms with van der Waals surface area (Å²) in [4.78, 5) is 7.13. The van der Waals surface area contributed by atoms with Crippen molar-refractivity contribution in [3.8, 4) is 5.75 Å². The fourth-order valence-corrected chi connectivity index (χ4v) is 3.59. The normalized spacial score (nSPS) is 15.7. The summed E-state index contributed by atoms with van der Waals surface area (Å²) in [7, 11) is 0. The lowest BCUT2D eigenvalue weighted by Gasteiger charge is -2.31.